The highest BCUT2D eigenvalue weighted by atomic mass is 127. The van der Waals surface area contributed by atoms with E-state index >= 15 is 0 Å². The molecule has 0 aliphatic carbocycles. The van der Waals surface area contributed by atoms with E-state index in [1.807, 2.05) is 29.1 Å². The van der Waals surface area contributed by atoms with Crippen molar-refractivity contribution >= 4 is 52.4 Å². The molecule has 0 aromatic rings. The molecule has 0 spiro atoms. The van der Waals surface area contributed by atoms with Gasteiger partial charge < -0.3 is 0 Å². The summed E-state index contributed by atoms with van der Waals surface area (Å²) in [5, 5.41) is -0.0984. The second kappa shape index (κ2) is 5.82. The predicted molar refractivity (Wildman–Crippen MR) is 53.3 cm³/mol. The fraction of sp³-hybridized carbons (Fsp3) is 0.750. The lowest BCUT2D eigenvalue weighted by molar-refractivity contribution is -0.111. The number of hydrogen-bond donors (Lipinski definition) is 2. The van der Waals surface area contributed by atoms with E-state index in [-0.39, 0.29) is 11.2 Å². The number of carbonyl (C=O) groups excluding carboxylic acids is 1. The van der Waals surface area contributed by atoms with E-state index in [2.05, 4.69) is 16.2 Å². The largest absolute Gasteiger partial charge is 0.286 e. The summed E-state index contributed by atoms with van der Waals surface area (Å²) in [5.41, 5.74) is 0. The van der Waals surface area contributed by atoms with Gasteiger partial charge in [0, 0.05) is 28.6 Å². The first kappa shape index (κ1) is 10.1. The molecule has 0 aromatic carbocycles. The zero-order valence-electron chi connectivity index (χ0n) is 4.93. The van der Waals surface area contributed by atoms with E-state index in [4.69, 9.17) is 0 Å². The van der Waals surface area contributed by atoms with E-state index in [1.54, 1.807) is 11.8 Å². The molecule has 0 unspecified atom stereocenters. The summed E-state index contributed by atoms with van der Waals surface area (Å²) in [6.07, 6.45) is 1.96. The van der Waals surface area contributed by atoms with Crippen LogP contribution in [0.15, 0.2) is 0 Å². The molecule has 0 rings (SSSR count). The minimum Gasteiger partial charge on any atom is -0.286 e. The van der Waals surface area contributed by atoms with Crippen LogP contribution in [0, 0.1) is 0 Å². The number of carbonyl (C=O) groups is 1. The molecule has 0 aliphatic rings. The average molecular weight is 277 g/mol. The summed E-state index contributed by atoms with van der Waals surface area (Å²) in [4.78, 5) is 10.5. The van der Waals surface area contributed by atoms with Crippen LogP contribution in [-0.2, 0) is 4.79 Å². The van der Waals surface area contributed by atoms with E-state index in [9.17, 15) is 4.79 Å². The van der Waals surface area contributed by atoms with Gasteiger partial charge in [-0.15, -0.1) is 12.6 Å². The normalized spacial score (nSPS) is 13.2. The molecule has 0 fully saturated rings. The molecular weight excluding hydrogens is 269 g/mol. The van der Waals surface area contributed by atoms with Gasteiger partial charge in [0.15, 0.2) is 0 Å². The highest BCUT2D eigenvalue weighted by molar-refractivity contribution is 14.1. The van der Waals surface area contributed by atoms with E-state index in [0.717, 1.165) is 5.75 Å². The van der Waals surface area contributed by atoms with Crippen LogP contribution in [0.25, 0.3) is 0 Å². The molecule has 0 bridgehead atoms. The number of halogens is 1. The summed E-state index contributed by atoms with van der Waals surface area (Å²) < 4.78 is 2.83. The van der Waals surface area contributed by atoms with E-state index in [0.29, 0.717) is 0 Å². The minimum atomic E-state index is -0.107. The summed E-state index contributed by atoms with van der Waals surface area (Å²) >= 11 is 7.27. The number of hydrogen-bond acceptors (Lipinski definition) is 3. The maximum absolute atomic E-state index is 10.5. The molecule has 9 heavy (non-hydrogen) atoms. The van der Waals surface area contributed by atoms with Crippen molar-refractivity contribution in [3.05, 3.63) is 0 Å². The SMILES string of the molecule is CSC[C@H](NI)C(=O)S. The fourth-order valence-electron chi connectivity index (χ4n) is 0.316. The molecule has 0 aromatic heterocycles. The van der Waals surface area contributed by atoms with Gasteiger partial charge in [-0.1, -0.05) is 0 Å². The van der Waals surface area contributed by atoms with Crippen molar-refractivity contribution in [1.82, 2.24) is 3.53 Å². The standard InChI is InChI=1S/C4H8INOS2/c1-9-2-3(6-5)4(7)8/h3,6H,2H2,1H3,(H,7,8)/t3-/m0/s1. The van der Waals surface area contributed by atoms with Crippen LogP contribution in [0.1, 0.15) is 0 Å². The van der Waals surface area contributed by atoms with E-state index in [1.165, 1.54) is 0 Å². The lowest BCUT2D eigenvalue weighted by atomic mass is 10.4. The number of rotatable bonds is 4. The van der Waals surface area contributed by atoms with Crippen molar-refractivity contribution < 1.29 is 4.79 Å². The molecule has 0 radical (unpaired) electrons. The third-order valence-corrected chi connectivity index (χ3v) is 2.49. The molecular formula is C4H8INOS2. The Labute approximate surface area is 78.4 Å². The lowest BCUT2D eigenvalue weighted by Crippen LogP contribution is -2.29. The van der Waals surface area contributed by atoms with Crippen molar-refractivity contribution in [1.29, 1.82) is 0 Å². The van der Waals surface area contributed by atoms with Crippen LogP contribution in [0.2, 0.25) is 0 Å². The fourth-order valence-corrected chi connectivity index (χ4v) is 2.21. The second-order valence-electron chi connectivity index (χ2n) is 1.46. The van der Waals surface area contributed by atoms with Crippen LogP contribution in [-0.4, -0.2) is 23.2 Å². The molecule has 5 heteroatoms. The molecule has 0 aliphatic heterocycles. The number of thioether (sulfide) groups is 1. The van der Waals surface area contributed by atoms with Gasteiger partial charge in [-0.25, -0.2) is 3.53 Å². The molecule has 2 nitrogen and oxygen atoms in total. The van der Waals surface area contributed by atoms with Gasteiger partial charge in [0.25, 0.3) is 0 Å². The third-order valence-electron chi connectivity index (χ3n) is 0.763. The number of nitrogens with one attached hydrogen (secondary N) is 1. The van der Waals surface area contributed by atoms with Gasteiger partial charge in [0.05, 0.1) is 6.04 Å². The maximum atomic E-state index is 10.5. The lowest BCUT2D eigenvalue weighted by Gasteiger charge is -2.06. The second-order valence-corrected chi connectivity index (χ2v) is 3.43. The van der Waals surface area contributed by atoms with Crippen molar-refractivity contribution in [3.8, 4) is 0 Å². The Hall–Kier alpha value is 1.06. The zero-order valence-corrected chi connectivity index (χ0v) is 8.79. The highest BCUT2D eigenvalue weighted by Crippen LogP contribution is 2.01. The predicted octanol–water partition coefficient (Wildman–Crippen LogP) is 1.11. The quantitative estimate of drug-likeness (QED) is 0.458. The van der Waals surface area contributed by atoms with Crippen molar-refractivity contribution in [3.63, 3.8) is 0 Å². The Kier molecular flexibility index (Phi) is 6.50. The first-order chi connectivity index (χ1) is 4.22. The molecule has 0 heterocycles. The topological polar surface area (TPSA) is 29.1 Å². The van der Waals surface area contributed by atoms with Gasteiger partial charge >= 0.3 is 0 Å². The molecule has 0 saturated heterocycles. The van der Waals surface area contributed by atoms with Crippen LogP contribution < -0.4 is 3.53 Å². The Balaban J connectivity index is 3.54. The molecule has 1 N–H and O–H groups in total. The summed E-state index contributed by atoms with van der Waals surface area (Å²) in [5.74, 6) is 0.783. The van der Waals surface area contributed by atoms with Crippen molar-refractivity contribution in [2.45, 2.75) is 6.04 Å². The first-order valence-corrected chi connectivity index (χ1v) is 5.22. The Morgan fingerprint density at radius 3 is 2.67 bits per heavy atom. The number of thiol groups is 1. The van der Waals surface area contributed by atoms with Crippen LogP contribution in [0.5, 0.6) is 0 Å². The van der Waals surface area contributed by atoms with Crippen molar-refractivity contribution in [2.24, 2.45) is 0 Å². The zero-order chi connectivity index (χ0) is 7.28. The van der Waals surface area contributed by atoms with E-state index < -0.39 is 0 Å². The van der Waals surface area contributed by atoms with Gasteiger partial charge in [0.1, 0.15) is 0 Å². The van der Waals surface area contributed by atoms with Crippen LogP contribution >= 0.6 is 47.3 Å². The van der Waals surface area contributed by atoms with Gasteiger partial charge in [0.2, 0.25) is 5.12 Å². The molecule has 54 valence electrons. The Bertz CT molecular complexity index is 101. The maximum Gasteiger partial charge on any atom is 0.204 e. The van der Waals surface area contributed by atoms with Gasteiger partial charge in [-0.05, 0) is 6.26 Å². The monoisotopic (exact) mass is 277 g/mol. The third kappa shape index (κ3) is 4.46. The van der Waals surface area contributed by atoms with Gasteiger partial charge in [-0.3, -0.25) is 4.79 Å². The first-order valence-electron chi connectivity index (χ1n) is 2.30. The molecule has 1 atom stereocenters. The Morgan fingerprint density at radius 1 is 2.00 bits per heavy atom. The van der Waals surface area contributed by atoms with Crippen molar-refractivity contribution in [2.75, 3.05) is 12.0 Å². The van der Waals surface area contributed by atoms with Gasteiger partial charge in [-0.2, -0.15) is 11.8 Å². The smallest absolute Gasteiger partial charge is 0.204 e. The Morgan fingerprint density at radius 2 is 2.56 bits per heavy atom. The summed E-state index contributed by atoms with van der Waals surface area (Å²) in [6, 6.07) is -0.107. The molecule has 0 saturated carbocycles. The van der Waals surface area contributed by atoms with Crippen LogP contribution in [0.4, 0.5) is 0 Å². The summed E-state index contributed by atoms with van der Waals surface area (Å²) in [7, 11) is 0. The highest BCUT2D eigenvalue weighted by Gasteiger charge is 2.10. The average Bonchev–Trinajstić information content (AvgIpc) is 1.82. The minimum absolute atomic E-state index is 0.0984. The summed E-state index contributed by atoms with van der Waals surface area (Å²) in [6.45, 7) is 0. The molecule has 0 amide bonds. The van der Waals surface area contributed by atoms with Crippen LogP contribution in [0.3, 0.4) is 0 Å².